The van der Waals surface area contributed by atoms with Crippen LogP contribution < -0.4 is 10.5 Å². The molecule has 0 atom stereocenters. The van der Waals surface area contributed by atoms with E-state index in [1.165, 1.54) is 12.1 Å². The third-order valence-electron chi connectivity index (χ3n) is 3.04. The number of likely N-dealkylation sites (tertiary alicyclic amines) is 1. The molecule has 6 nitrogen and oxygen atoms in total. The molecule has 1 amide bonds. The van der Waals surface area contributed by atoms with Crippen LogP contribution >= 0.6 is 0 Å². The number of nitrogens with zero attached hydrogens (tertiary/aromatic N) is 1. The van der Waals surface area contributed by atoms with Crippen LogP contribution in [0.1, 0.15) is 23.2 Å². The minimum absolute atomic E-state index is 0.0331. The molecule has 0 spiro atoms. The van der Waals surface area contributed by atoms with Crippen molar-refractivity contribution in [3.8, 4) is 5.75 Å². The Bertz CT molecular complexity index is 495. The van der Waals surface area contributed by atoms with Gasteiger partial charge >= 0.3 is 5.97 Å². The minimum atomic E-state index is -1.13. The smallest absolute Gasteiger partial charge is 0.339 e. The number of aromatic carboxylic acids is 1. The minimum Gasteiger partial charge on any atom is -0.483 e. The number of hydrogen-bond acceptors (Lipinski definition) is 4. The molecule has 0 saturated carbocycles. The molecule has 1 saturated heterocycles. The Labute approximate surface area is 110 Å². The monoisotopic (exact) mass is 264 g/mol. The SMILES string of the molecule is Nc1ccc(OCC(=O)N2CCCC2)c(C(=O)O)c1. The number of carbonyl (C=O) groups excluding carboxylic acids is 1. The zero-order chi connectivity index (χ0) is 13.8. The maximum absolute atomic E-state index is 11.8. The summed E-state index contributed by atoms with van der Waals surface area (Å²) in [5, 5.41) is 9.04. The Morgan fingerprint density at radius 3 is 2.63 bits per heavy atom. The average Bonchev–Trinajstić information content (AvgIpc) is 2.90. The number of rotatable bonds is 4. The van der Waals surface area contributed by atoms with E-state index >= 15 is 0 Å². The van der Waals surface area contributed by atoms with Gasteiger partial charge in [-0.05, 0) is 31.0 Å². The molecule has 1 aromatic carbocycles. The van der Waals surface area contributed by atoms with Crippen LogP contribution in [0, 0.1) is 0 Å². The molecule has 0 unspecified atom stereocenters. The topological polar surface area (TPSA) is 92.9 Å². The number of carboxylic acid groups (broad SMARTS) is 1. The van der Waals surface area contributed by atoms with Gasteiger partial charge in [-0.3, -0.25) is 4.79 Å². The lowest BCUT2D eigenvalue weighted by molar-refractivity contribution is -0.132. The van der Waals surface area contributed by atoms with Crippen molar-refractivity contribution in [2.45, 2.75) is 12.8 Å². The highest BCUT2D eigenvalue weighted by molar-refractivity contribution is 5.92. The van der Waals surface area contributed by atoms with Crippen LogP contribution in [0.15, 0.2) is 18.2 Å². The maximum atomic E-state index is 11.8. The number of benzene rings is 1. The second-order valence-corrected chi connectivity index (χ2v) is 4.44. The Balaban J connectivity index is 2.02. The average molecular weight is 264 g/mol. The molecular weight excluding hydrogens is 248 g/mol. The fraction of sp³-hybridized carbons (Fsp3) is 0.385. The quantitative estimate of drug-likeness (QED) is 0.790. The molecule has 1 aliphatic rings. The third kappa shape index (κ3) is 3.15. The highest BCUT2D eigenvalue weighted by Crippen LogP contribution is 2.21. The lowest BCUT2D eigenvalue weighted by atomic mass is 10.2. The standard InChI is InChI=1S/C13H16N2O4/c14-9-3-4-11(10(7-9)13(17)18)19-8-12(16)15-5-1-2-6-15/h3-4,7H,1-2,5-6,8,14H2,(H,17,18). The van der Waals surface area contributed by atoms with Crippen molar-refractivity contribution in [3.05, 3.63) is 23.8 Å². The van der Waals surface area contributed by atoms with E-state index in [2.05, 4.69) is 0 Å². The van der Waals surface area contributed by atoms with Gasteiger partial charge in [0, 0.05) is 18.8 Å². The third-order valence-corrected chi connectivity index (χ3v) is 3.04. The van der Waals surface area contributed by atoms with E-state index in [0.29, 0.717) is 5.69 Å². The van der Waals surface area contributed by atoms with Gasteiger partial charge in [0.05, 0.1) is 0 Å². The molecule has 0 radical (unpaired) electrons. The van der Waals surface area contributed by atoms with Gasteiger partial charge in [0.15, 0.2) is 6.61 Å². The van der Waals surface area contributed by atoms with Crippen molar-refractivity contribution in [3.63, 3.8) is 0 Å². The molecule has 0 aliphatic carbocycles. The summed E-state index contributed by atoms with van der Waals surface area (Å²) >= 11 is 0. The Kier molecular flexibility index (Phi) is 3.89. The lowest BCUT2D eigenvalue weighted by Crippen LogP contribution is -2.32. The van der Waals surface area contributed by atoms with Crippen molar-refractivity contribution in [1.82, 2.24) is 4.90 Å². The van der Waals surface area contributed by atoms with Crippen molar-refractivity contribution in [2.75, 3.05) is 25.4 Å². The van der Waals surface area contributed by atoms with Gasteiger partial charge < -0.3 is 20.5 Å². The molecule has 0 bridgehead atoms. The zero-order valence-electron chi connectivity index (χ0n) is 10.5. The highest BCUT2D eigenvalue weighted by atomic mass is 16.5. The summed E-state index contributed by atoms with van der Waals surface area (Å²) in [6, 6.07) is 4.33. The number of nitrogens with two attached hydrogens (primary N) is 1. The molecule has 1 aliphatic heterocycles. The summed E-state index contributed by atoms with van der Waals surface area (Å²) in [5.74, 6) is -1.09. The van der Waals surface area contributed by atoms with Gasteiger partial charge in [0.1, 0.15) is 11.3 Å². The summed E-state index contributed by atoms with van der Waals surface area (Å²) in [7, 11) is 0. The molecular formula is C13H16N2O4. The molecule has 0 aromatic heterocycles. The van der Waals surface area contributed by atoms with Crippen molar-refractivity contribution in [1.29, 1.82) is 0 Å². The van der Waals surface area contributed by atoms with E-state index in [9.17, 15) is 9.59 Å². The predicted octanol–water partition coefficient (Wildman–Crippen LogP) is 0.968. The van der Waals surface area contributed by atoms with Crippen LogP contribution in [0.4, 0.5) is 5.69 Å². The van der Waals surface area contributed by atoms with Crippen LogP contribution in [0.25, 0.3) is 0 Å². The van der Waals surface area contributed by atoms with Crippen molar-refractivity contribution in [2.24, 2.45) is 0 Å². The number of hydrogen-bond donors (Lipinski definition) is 2. The van der Waals surface area contributed by atoms with Crippen LogP contribution in [-0.4, -0.2) is 41.6 Å². The second-order valence-electron chi connectivity index (χ2n) is 4.44. The first-order valence-corrected chi connectivity index (χ1v) is 6.11. The molecule has 1 fully saturated rings. The van der Waals surface area contributed by atoms with Gasteiger partial charge in [0.2, 0.25) is 0 Å². The number of nitrogen functional groups attached to an aromatic ring is 1. The van der Waals surface area contributed by atoms with E-state index in [1.54, 1.807) is 11.0 Å². The van der Waals surface area contributed by atoms with E-state index in [1.807, 2.05) is 0 Å². The first-order valence-electron chi connectivity index (χ1n) is 6.11. The van der Waals surface area contributed by atoms with E-state index in [0.717, 1.165) is 25.9 Å². The summed E-state index contributed by atoms with van der Waals surface area (Å²) < 4.78 is 5.30. The van der Waals surface area contributed by atoms with Crippen LogP contribution in [-0.2, 0) is 4.79 Å². The number of carbonyl (C=O) groups is 2. The van der Waals surface area contributed by atoms with Gasteiger partial charge in [-0.15, -0.1) is 0 Å². The summed E-state index contributed by atoms with van der Waals surface area (Å²) in [4.78, 5) is 24.6. The molecule has 19 heavy (non-hydrogen) atoms. The maximum Gasteiger partial charge on any atom is 0.339 e. The van der Waals surface area contributed by atoms with Crippen molar-refractivity contribution < 1.29 is 19.4 Å². The van der Waals surface area contributed by atoms with Gasteiger partial charge in [-0.2, -0.15) is 0 Å². The lowest BCUT2D eigenvalue weighted by Gasteiger charge is -2.16. The number of amides is 1. The second kappa shape index (κ2) is 5.60. The van der Waals surface area contributed by atoms with E-state index in [-0.39, 0.29) is 23.8 Å². The van der Waals surface area contributed by atoms with Gasteiger partial charge in [-0.25, -0.2) is 4.79 Å². The number of ether oxygens (including phenoxy) is 1. The molecule has 2 rings (SSSR count). The predicted molar refractivity (Wildman–Crippen MR) is 69.1 cm³/mol. The van der Waals surface area contributed by atoms with E-state index in [4.69, 9.17) is 15.6 Å². The summed E-state index contributed by atoms with van der Waals surface area (Å²) in [6.45, 7) is 1.34. The molecule has 102 valence electrons. The first-order chi connectivity index (χ1) is 9.08. The Morgan fingerprint density at radius 1 is 1.32 bits per heavy atom. The Hall–Kier alpha value is -2.24. The normalized spacial score (nSPS) is 14.4. The highest BCUT2D eigenvalue weighted by Gasteiger charge is 2.19. The van der Waals surface area contributed by atoms with Crippen LogP contribution in [0.2, 0.25) is 0 Å². The van der Waals surface area contributed by atoms with Crippen LogP contribution in [0.5, 0.6) is 5.75 Å². The molecule has 3 N–H and O–H groups in total. The van der Waals surface area contributed by atoms with E-state index < -0.39 is 5.97 Å². The number of carboxylic acids is 1. The Morgan fingerprint density at radius 2 is 2.00 bits per heavy atom. The fourth-order valence-electron chi connectivity index (χ4n) is 2.04. The summed E-state index contributed by atoms with van der Waals surface area (Å²) in [5.41, 5.74) is 5.84. The zero-order valence-corrected chi connectivity index (χ0v) is 10.5. The van der Waals surface area contributed by atoms with Crippen molar-refractivity contribution >= 4 is 17.6 Å². The van der Waals surface area contributed by atoms with Crippen LogP contribution in [0.3, 0.4) is 0 Å². The number of anilines is 1. The molecule has 6 heteroatoms. The molecule has 1 heterocycles. The molecule has 1 aromatic rings. The van der Waals surface area contributed by atoms with Gasteiger partial charge in [-0.1, -0.05) is 0 Å². The fourth-order valence-corrected chi connectivity index (χ4v) is 2.04. The van der Waals surface area contributed by atoms with Gasteiger partial charge in [0.25, 0.3) is 5.91 Å². The summed E-state index contributed by atoms with van der Waals surface area (Å²) in [6.07, 6.45) is 2.02. The first kappa shape index (κ1) is 13.2. The largest absolute Gasteiger partial charge is 0.483 e.